The van der Waals surface area contributed by atoms with Gasteiger partial charge in [0.25, 0.3) is 5.56 Å². The zero-order valence-electron chi connectivity index (χ0n) is 11.2. The van der Waals surface area contributed by atoms with Crippen molar-refractivity contribution in [2.75, 3.05) is 45.4 Å². The van der Waals surface area contributed by atoms with Crippen LogP contribution < -0.4 is 10.5 Å². The zero-order valence-corrected chi connectivity index (χ0v) is 11.2. The van der Waals surface area contributed by atoms with Crippen LogP contribution in [0, 0.1) is 0 Å². The number of rotatable bonds is 8. The van der Waals surface area contributed by atoms with Crippen LogP contribution in [0.25, 0.3) is 0 Å². The third kappa shape index (κ3) is 4.46. The summed E-state index contributed by atoms with van der Waals surface area (Å²) in [6, 6.07) is 1.50. The lowest BCUT2D eigenvalue weighted by Crippen LogP contribution is -2.32. The lowest BCUT2D eigenvalue weighted by Gasteiger charge is -2.23. The number of nitrogens with one attached hydrogen (secondary N) is 1. The second kappa shape index (κ2) is 7.84. The van der Waals surface area contributed by atoms with Crippen molar-refractivity contribution in [1.82, 2.24) is 9.97 Å². The van der Waals surface area contributed by atoms with Gasteiger partial charge in [0.2, 0.25) is 0 Å². The molecule has 6 nitrogen and oxygen atoms in total. The number of ether oxygens (including phenoxy) is 2. The van der Waals surface area contributed by atoms with Crippen LogP contribution in [0.15, 0.2) is 10.9 Å². The van der Waals surface area contributed by atoms with Gasteiger partial charge in [0, 0.05) is 39.8 Å². The molecule has 0 radical (unpaired) electrons. The molecule has 1 rings (SSSR count). The van der Waals surface area contributed by atoms with Gasteiger partial charge in [-0.25, -0.2) is 4.98 Å². The maximum atomic E-state index is 11.5. The Morgan fingerprint density at radius 3 is 2.39 bits per heavy atom. The highest BCUT2D eigenvalue weighted by atomic mass is 16.5. The van der Waals surface area contributed by atoms with Crippen molar-refractivity contribution < 1.29 is 9.47 Å². The third-order valence-electron chi connectivity index (χ3n) is 2.57. The van der Waals surface area contributed by atoms with Crippen molar-refractivity contribution in [3.8, 4) is 0 Å². The molecule has 1 aromatic heterocycles. The summed E-state index contributed by atoms with van der Waals surface area (Å²) in [5.41, 5.74) is -0.128. The van der Waals surface area contributed by atoms with E-state index in [9.17, 15) is 4.79 Å². The molecule has 0 saturated heterocycles. The molecular weight excluding hydrogens is 234 g/mol. The van der Waals surface area contributed by atoms with Crippen LogP contribution in [0.5, 0.6) is 0 Å². The van der Waals surface area contributed by atoms with Crippen LogP contribution in [0.3, 0.4) is 0 Å². The lowest BCUT2D eigenvalue weighted by molar-refractivity contribution is 0.190. The minimum Gasteiger partial charge on any atom is -0.383 e. The predicted molar refractivity (Wildman–Crippen MR) is 70.2 cm³/mol. The topological polar surface area (TPSA) is 67.5 Å². The Bertz CT molecular complexity index is 398. The Balaban J connectivity index is 2.88. The molecule has 1 heterocycles. The maximum absolute atomic E-state index is 11.5. The smallest absolute Gasteiger partial charge is 0.252 e. The quantitative estimate of drug-likeness (QED) is 0.729. The van der Waals surface area contributed by atoms with Crippen LogP contribution in [0.1, 0.15) is 12.7 Å². The SMILES string of the molecule is CCc1nc(N(CCOC)CCOC)cc(=O)[nH]1. The van der Waals surface area contributed by atoms with Gasteiger partial charge < -0.3 is 19.4 Å². The number of aryl methyl sites for hydroxylation is 1. The van der Waals surface area contributed by atoms with Crippen molar-refractivity contribution in [2.24, 2.45) is 0 Å². The van der Waals surface area contributed by atoms with E-state index in [0.29, 0.717) is 44.4 Å². The van der Waals surface area contributed by atoms with E-state index in [0.717, 1.165) is 0 Å². The minimum atomic E-state index is -0.128. The van der Waals surface area contributed by atoms with Gasteiger partial charge >= 0.3 is 0 Å². The van der Waals surface area contributed by atoms with E-state index in [2.05, 4.69) is 9.97 Å². The molecular formula is C12H21N3O3. The fourth-order valence-corrected chi connectivity index (χ4v) is 1.57. The van der Waals surface area contributed by atoms with Gasteiger partial charge in [0.15, 0.2) is 0 Å². The van der Waals surface area contributed by atoms with E-state index in [4.69, 9.17) is 9.47 Å². The first-order chi connectivity index (χ1) is 8.71. The second-order valence-electron chi connectivity index (χ2n) is 3.88. The fourth-order valence-electron chi connectivity index (χ4n) is 1.57. The van der Waals surface area contributed by atoms with Gasteiger partial charge in [-0.3, -0.25) is 4.79 Å². The van der Waals surface area contributed by atoms with Crippen LogP contribution in [-0.2, 0) is 15.9 Å². The third-order valence-corrected chi connectivity index (χ3v) is 2.57. The van der Waals surface area contributed by atoms with E-state index in [1.54, 1.807) is 14.2 Å². The molecule has 0 aliphatic heterocycles. The van der Waals surface area contributed by atoms with Gasteiger partial charge in [0.05, 0.1) is 13.2 Å². The molecule has 1 N–H and O–H groups in total. The molecule has 0 spiro atoms. The monoisotopic (exact) mass is 255 g/mol. The Kier molecular flexibility index (Phi) is 6.38. The summed E-state index contributed by atoms with van der Waals surface area (Å²) in [4.78, 5) is 20.7. The number of H-pyrrole nitrogens is 1. The fraction of sp³-hybridized carbons (Fsp3) is 0.667. The first-order valence-corrected chi connectivity index (χ1v) is 6.04. The molecule has 0 amide bonds. The minimum absolute atomic E-state index is 0.128. The number of hydrogen-bond acceptors (Lipinski definition) is 5. The van der Waals surface area contributed by atoms with Gasteiger partial charge in [0.1, 0.15) is 11.6 Å². The Morgan fingerprint density at radius 1 is 1.28 bits per heavy atom. The summed E-state index contributed by atoms with van der Waals surface area (Å²) in [5.74, 6) is 1.36. The number of aromatic amines is 1. The van der Waals surface area contributed by atoms with E-state index in [1.165, 1.54) is 6.07 Å². The lowest BCUT2D eigenvalue weighted by atomic mass is 10.4. The maximum Gasteiger partial charge on any atom is 0.252 e. The molecule has 18 heavy (non-hydrogen) atoms. The molecule has 0 atom stereocenters. The molecule has 0 bridgehead atoms. The van der Waals surface area contributed by atoms with Crippen LogP contribution in [-0.4, -0.2) is 50.5 Å². The van der Waals surface area contributed by atoms with Crippen molar-refractivity contribution in [3.05, 3.63) is 22.2 Å². The zero-order chi connectivity index (χ0) is 13.4. The molecule has 0 aliphatic rings. The van der Waals surface area contributed by atoms with Crippen LogP contribution >= 0.6 is 0 Å². The molecule has 0 saturated carbocycles. The van der Waals surface area contributed by atoms with Gasteiger partial charge in [-0.05, 0) is 0 Å². The molecule has 1 aromatic rings. The molecule has 102 valence electrons. The summed E-state index contributed by atoms with van der Waals surface area (Å²) < 4.78 is 10.1. The summed E-state index contributed by atoms with van der Waals surface area (Å²) in [5, 5.41) is 0. The first kappa shape index (κ1) is 14.7. The average Bonchev–Trinajstić information content (AvgIpc) is 2.38. The highest BCUT2D eigenvalue weighted by Crippen LogP contribution is 2.07. The van der Waals surface area contributed by atoms with Crippen LogP contribution in [0.4, 0.5) is 5.82 Å². The van der Waals surface area contributed by atoms with Gasteiger partial charge in [-0.1, -0.05) is 6.92 Å². The normalized spacial score (nSPS) is 10.6. The molecule has 0 fully saturated rings. The standard InChI is InChI=1S/C12H21N3O3/c1-4-10-13-11(9-12(16)14-10)15(5-7-17-2)6-8-18-3/h9H,4-8H2,1-3H3,(H,13,14,16). The number of anilines is 1. The summed E-state index contributed by atoms with van der Waals surface area (Å²) in [7, 11) is 3.30. The number of methoxy groups -OCH3 is 2. The van der Waals surface area contributed by atoms with Crippen molar-refractivity contribution in [1.29, 1.82) is 0 Å². The van der Waals surface area contributed by atoms with Crippen molar-refractivity contribution in [2.45, 2.75) is 13.3 Å². The average molecular weight is 255 g/mol. The van der Waals surface area contributed by atoms with E-state index >= 15 is 0 Å². The van der Waals surface area contributed by atoms with Crippen molar-refractivity contribution >= 4 is 5.82 Å². The number of nitrogens with zero attached hydrogens (tertiary/aromatic N) is 2. The molecule has 0 aromatic carbocycles. The van der Waals surface area contributed by atoms with Crippen molar-refractivity contribution in [3.63, 3.8) is 0 Å². The van der Waals surface area contributed by atoms with E-state index < -0.39 is 0 Å². The van der Waals surface area contributed by atoms with E-state index in [-0.39, 0.29) is 5.56 Å². The van der Waals surface area contributed by atoms with Gasteiger partial charge in [-0.15, -0.1) is 0 Å². The van der Waals surface area contributed by atoms with Crippen LogP contribution in [0.2, 0.25) is 0 Å². The summed E-state index contributed by atoms with van der Waals surface area (Å²) in [6.07, 6.45) is 0.700. The number of hydrogen-bond donors (Lipinski definition) is 1. The molecule has 6 heteroatoms. The predicted octanol–water partition coefficient (Wildman–Crippen LogP) is 0.432. The largest absolute Gasteiger partial charge is 0.383 e. The Labute approximate surface area is 107 Å². The first-order valence-electron chi connectivity index (χ1n) is 6.04. The van der Waals surface area contributed by atoms with Gasteiger partial charge in [-0.2, -0.15) is 0 Å². The highest BCUT2D eigenvalue weighted by Gasteiger charge is 2.09. The summed E-state index contributed by atoms with van der Waals surface area (Å²) >= 11 is 0. The Hall–Kier alpha value is -1.40. The summed E-state index contributed by atoms with van der Waals surface area (Å²) in [6.45, 7) is 4.48. The van der Waals surface area contributed by atoms with E-state index in [1.807, 2.05) is 11.8 Å². The Morgan fingerprint density at radius 2 is 1.89 bits per heavy atom. The highest BCUT2D eigenvalue weighted by molar-refractivity contribution is 5.37. The number of aromatic nitrogens is 2. The second-order valence-corrected chi connectivity index (χ2v) is 3.88. The molecule has 0 aliphatic carbocycles. The molecule has 0 unspecified atom stereocenters.